The molecule has 1 aliphatic rings. The first-order valence-electron chi connectivity index (χ1n) is 5.90. The van der Waals surface area contributed by atoms with Crippen LogP contribution in [0.15, 0.2) is 18.2 Å². The maximum atomic E-state index is 10.7. The Morgan fingerprint density at radius 1 is 1.50 bits per heavy atom. The van der Waals surface area contributed by atoms with Gasteiger partial charge in [0, 0.05) is 6.92 Å². The van der Waals surface area contributed by atoms with Crippen molar-refractivity contribution in [2.75, 3.05) is 6.61 Å². The molecular weight excluding hydrogens is 200 g/mol. The van der Waals surface area contributed by atoms with Gasteiger partial charge >= 0.3 is 5.97 Å². The molecular formula is C14H18O2. The molecule has 1 unspecified atom stereocenters. The number of ether oxygens (including phenoxy) is 1. The first-order chi connectivity index (χ1) is 7.68. The molecule has 0 aromatic heterocycles. The summed E-state index contributed by atoms with van der Waals surface area (Å²) in [4.78, 5) is 10.7. The van der Waals surface area contributed by atoms with E-state index in [-0.39, 0.29) is 5.97 Å². The van der Waals surface area contributed by atoms with Gasteiger partial charge in [-0.1, -0.05) is 18.2 Å². The van der Waals surface area contributed by atoms with E-state index in [1.807, 2.05) is 0 Å². The number of rotatable bonds is 3. The van der Waals surface area contributed by atoms with Crippen LogP contribution in [0.4, 0.5) is 0 Å². The predicted molar refractivity (Wildman–Crippen MR) is 63.5 cm³/mol. The van der Waals surface area contributed by atoms with Gasteiger partial charge in [0.15, 0.2) is 0 Å². The van der Waals surface area contributed by atoms with Crippen LogP contribution in [-0.4, -0.2) is 12.6 Å². The van der Waals surface area contributed by atoms with Crippen molar-refractivity contribution < 1.29 is 9.53 Å². The van der Waals surface area contributed by atoms with Crippen molar-refractivity contribution >= 4 is 5.97 Å². The van der Waals surface area contributed by atoms with Crippen LogP contribution in [0.3, 0.4) is 0 Å². The molecule has 2 rings (SSSR count). The molecule has 0 N–H and O–H groups in total. The van der Waals surface area contributed by atoms with Crippen molar-refractivity contribution in [2.24, 2.45) is 0 Å². The Morgan fingerprint density at radius 3 is 3.06 bits per heavy atom. The standard InChI is InChI=1S/C14H18O2/c1-10-4-3-5-14-12(6-7-13(10)14)8-9-16-11(2)15/h3-5,12H,6-9H2,1-2H3. The van der Waals surface area contributed by atoms with Crippen LogP contribution in [0.1, 0.15) is 42.4 Å². The van der Waals surface area contributed by atoms with Gasteiger partial charge < -0.3 is 4.74 Å². The lowest BCUT2D eigenvalue weighted by Crippen LogP contribution is -2.04. The van der Waals surface area contributed by atoms with Gasteiger partial charge in [0.05, 0.1) is 6.61 Å². The lowest BCUT2D eigenvalue weighted by atomic mass is 9.97. The fourth-order valence-corrected chi connectivity index (χ4v) is 2.57. The fourth-order valence-electron chi connectivity index (χ4n) is 2.57. The molecule has 0 amide bonds. The van der Waals surface area contributed by atoms with Crippen molar-refractivity contribution in [1.29, 1.82) is 0 Å². The largest absolute Gasteiger partial charge is 0.466 e. The van der Waals surface area contributed by atoms with Gasteiger partial charge in [0.2, 0.25) is 0 Å². The molecule has 0 bridgehead atoms. The normalized spacial score (nSPS) is 18.2. The van der Waals surface area contributed by atoms with Crippen molar-refractivity contribution in [2.45, 2.75) is 39.0 Å². The molecule has 1 atom stereocenters. The van der Waals surface area contributed by atoms with Crippen LogP contribution in [-0.2, 0) is 16.0 Å². The number of carbonyl (C=O) groups excluding carboxylic acids is 1. The summed E-state index contributed by atoms with van der Waals surface area (Å²) in [5.41, 5.74) is 4.37. The topological polar surface area (TPSA) is 26.3 Å². The molecule has 2 heteroatoms. The van der Waals surface area contributed by atoms with E-state index < -0.39 is 0 Å². The predicted octanol–water partition coefficient (Wildman–Crippen LogP) is 2.98. The molecule has 0 radical (unpaired) electrons. The van der Waals surface area contributed by atoms with E-state index in [0.717, 1.165) is 6.42 Å². The van der Waals surface area contributed by atoms with Crippen molar-refractivity contribution in [3.63, 3.8) is 0 Å². The van der Waals surface area contributed by atoms with Crippen LogP contribution >= 0.6 is 0 Å². The van der Waals surface area contributed by atoms with Gasteiger partial charge in [-0.05, 0) is 48.8 Å². The van der Waals surface area contributed by atoms with Gasteiger partial charge in [-0.15, -0.1) is 0 Å². The molecule has 0 fully saturated rings. The van der Waals surface area contributed by atoms with Crippen molar-refractivity contribution in [3.8, 4) is 0 Å². The smallest absolute Gasteiger partial charge is 0.302 e. The summed E-state index contributed by atoms with van der Waals surface area (Å²) in [7, 11) is 0. The van der Waals surface area contributed by atoms with Crippen LogP contribution in [0, 0.1) is 6.92 Å². The van der Waals surface area contributed by atoms with Crippen LogP contribution in [0.2, 0.25) is 0 Å². The third-order valence-corrected chi connectivity index (χ3v) is 3.40. The zero-order valence-electron chi connectivity index (χ0n) is 9.95. The highest BCUT2D eigenvalue weighted by molar-refractivity contribution is 5.65. The fraction of sp³-hybridized carbons (Fsp3) is 0.500. The lowest BCUT2D eigenvalue weighted by Gasteiger charge is -2.11. The number of carbonyl (C=O) groups is 1. The maximum Gasteiger partial charge on any atom is 0.302 e. The number of esters is 1. The molecule has 0 heterocycles. The highest BCUT2D eigenvalue weighted by Crippen LogP contribution is 2.36. The van der Waals surface area contributed by atoms with Crippen LogP contribution in [0.5, 0.6) is 0 Å². The Balaban J connectivity index is 2.01. The number of hydrogen-bond donors (Lipinski definition) is 0. The molecule has 16 heavy (non-hydrogen) atoms. The lowest BCUT2D eigenvalue weighted by molar-refractivity contribution is -0.141. The molecule has 2 nitrogen and oxygen atoms in total. The molecule has 0 spiro atoms. The monoisotopic (exact) mass is 218 g/mol. The summed E-state index contributed by atoms with van der Waals surface area (Å²) >= 11 is 0. The minimum atomic E-state index is -0.178. The van der Waals surface area contributed by atoms with Gasteiger partial charge in [-0.3, -0.25) is 4.79 Å². The summed E-state index contributed by atoms with van der Waals surface area (Å²) in [6, 6.07) is 6.51. The maximum absolute atomic E-state index is 10.7. The van der Waals surface area contributed by atoms with E-state index >= 15 is 0 Å². The Morgan fingerprint density at radius 2 is 2.31 bits per heavy atom. The number of benzene rings is 1. The summed E-state index contributed by atoms with van der Waals surface area (Å²) in [5, 5.41) is 0. The van der Waals surface area contributed by atoms with Gasteiger partial charge in [-0.25, -0.2) is 0 Å². The summed E-state index contributed by atoms with van der Waals surface area (Å²) in [6.45, 7) is 4.19. The Hall–Kier alpha value is -1.31. The van der Waals surface area contributed by atoms with Crippen molar-refractivity contribution in [3.05, 3.63) is 34.9 Å². The van der Waals surface area contributed by atoms with Crippen LogP contribution < -0.4 is 0 Å². The average molecular weight is 218 g/mol. The average Bonchev–Trinajstić information content (AvgIpc) is 2.63. The highest BCUT2D eigenvalue weighted by atomic mass is 16.5. The minimum absolute atomic E-state index is 0.178. The Labute approximate surface area is 96.6 Å². The molecule has 1 aromatic rings. The van der Waals surface area contributed by atoms with E-state index in [1.165, 1.54) is 36.5 Å². The number of aryl methyl sites for hydroxylation is 1. The number of hydrogen-bond acceptors (Lipinski definition) is 2. The van der Waals surface area contributed by atoms with Gasteiger partial charge in [0.25, 0.3) is 0 Å². The first-order valence-corrected chi connectivity index (χ1v) is 5.90. The summed E-state index contributed by atoms with van der Waals surface area (Å²) < 4.78 is 5.01. The third-order valence-electron chi connectivity index (χ3n) is 3.40. The van der Waals surface area contributed by atoms with E-state index in [1.54, 1.807) is 0 Å². The Kier molecular flexibility index (Phi) is 3.28. The molecule has 1 aromatic carbocycles. The summed E-state index contributed by atoms with van der Waals surface area (Å²) in [6.07, 6.45) is 3.32. The summed E-state index contributed by atoms with van der Waals surface area (Å²) in [5.74, 6) is 0.400. The SMILES string of the molecule is CC(=O)OCCC1CCc2c(C)cccc21. The quantitative estimate of drug-likeness (QED) is 0.729. The highest BCUT2D eigenvalue weighted by Gasteiger charge is 2.23. The van der Waals surface area contributed by atoms with Gasteiger partial charge in [-0.2, -0.15) is 0 Å². The second kappa shape index (κ2) is 4.69. The van der Waals surface area contributed by atoms with Gasteiger partial charge in [0.1, 0.15) is 0 Å². The van der Waals surface area contributed by atoms with E-state index in [2.05, 4.69) is 25.1 Å². The van der Waals surface area contributed by atoms with Crippen molar-refractivity contribution in [1.82, 2.24) is 0 Å². The first kappa shape index (κ1) is 11.2. The zero-order valence-corrected chi connectivity index (χ0v) is 9.95. The third kappa shape index (κ3) is 2.26. The molecule has 86 valence electrons. The van der Waals surface area contributed by atoms with E-state index in [9.17, 15) is 4.79 Å². The molecule has 1 aliphatic carbocycles. The van der Waals surface area contributed by atoms with E-state index in [4.69, 9.17) is 4.74 Å². The minimum Gasteiger partial charge on any atom is -0.466 e. The number of fused-ring (bicyclic) bond motifs is 1. The zero-order chi connectivity index (χ0) is 11.5. The second-order valence-electron chi connectivity index (χ2n) is 4.51. The van der Waals surface area contributed by atoms with E-state index in [0.29, 0.717) is 12.5 Å². The Bertz CT molecular complexity index is 396. The molecule has 0 saturated heterocycles. The second-order valence-corrected chi connectivity index (χ2v) is 4.51. The molecule has 0 aliphatic heterocycles. The molecule has 0 saturated carbocycles. The van der Waals surface area contributed by atoms with Crippen LogP contribution in [0.25, 0.3) is 0 Å².